The molecule has 0 aliphatic heterocycles. The predicted octanol–water partition coefficient (Wildman–Crippen LogP) is 1.66. The fraction of sp³-hybridized carbons (Fsp3) is 0.278. The van der Waals surface area contributed by atoms with Crippen molar-refractivity contribution in [1.29, 1.82) is 0 Å². The number of nitrogens with one attached hydrogen (secondary N) is 2. The first-order valence-corrected chi connectivity index (χ1v) is 10.2. The maximum Gasteiger partial charge on any atom is 0.251 e. The summed E-state index contributed by atoms with van der Waals surface area (Å²) in [7, 11) is -3.53. The van der Waals surface area contributed by atoms with Gasteiger partial charge in [-0.2, -0.15) is 0 Å². The summed E-state index contributed by atoms with van der Waals surface area (Å²) < 4.78 is 28.8. The van der Waals surface area contributed by atoms with Crippen molar-refractivity contribution in [3.63, 3.8) is 0 Å². The second-order valence-electron chi connectivity index (χ2n) is 6.60. The van der Waals surface area contributed by atoms with Gasteiger partial charge in [-0.25, -0.2) is 13.1 Å². The van der Waals surface area contributed by atoms with Crippen molar-refractivity contribution in [3.05, 3.63) is 60.0 Å². The van der Waals surface area contributed by atoms with Crippen LogP contribution in [0.5, 0.6) is 0 Å². The molecule has 0 spiro atoms. The van der Waals surface area contributed by atoms with Gasteiger partial charge in [0.15, 0.2) is 11.5 Å². The normalized spacial score (nSPS) is 15.6. The quantitative estimate of drug-likeness (QED) is 0.671. The van der Waals surface area contributed by atoms with Gasteiger partial charge in [-0.05, 0) is 56.2 Å². The molecule has 1 aromatic carbocycles. The average Bonchev–Trinajstić information content (AvgIpc) is 3.35. The summed E-state index contributed by atoms with van der Waals surface area (Å²) in [6, 6.07) is 11.1. The SMILES string of the molecule is CC(NC(=O)c1ccc(S(=O)(=O)NC2CC2)cc1)c1nnc2ccccn12. The molecule has 9 heteroatoms. The number of benzene rings is 1. The minimum absolute atomic E-state index is 0.0387. The molecule has 1 aliphatic carbocycles. The number of amides is 1. The Morgan fingerprint density at radius 3 is 2.59 bits per heavy atom. The number of pyridine rings is 1. The van der Waals surface area contributed by atoms with Crippen LogP contribution in [0.2, 0.25) is 0 Å². The highest BCUT2D eigenvalue weighted by Crippen LogP contribution is 2.22. The molecule has 1 amide bonds. The molecule has 27 heavy (non-hydrogen) atoms. The van der Waals surface area contributed by atoms with E-state index < -0.39 is 10.0 Å². The molecule has 1 atom stereocenters. The number of hydrogen-bond acceptors (Lipinski definition) is 5. The number of hydrogen-bond donors (Lipinski definition) is 2. The lowest BCUT2D eigenvalue weighted by molar-refractivity contribution is 0.0938. The Morgan fingerprint density at radius 1 is 1.15 bits per heavy atom. The standard InChI is InChI=1S/C18H19N5O3S/c1-12(17-21-20-16-4-2-3-11-23(16)17)19-18(24)13-5-9-15(10-6-13)27(25,26)22-14-7-8-14/h2-6,9-12,14,22H,7-8H2,1H3,(H,19,24). The lowest BCUT2D eigenvalue weighted by atomic mass is 10.2. The van der Waals surface area contributed by atoms with E-state index in [4.69, 9.17) is 0 Å². The van der Waals surface area contributed by atoms with Crippen molar-refractivity contribution in [2.45, 2.75) is 36.7 Å². The third-order valence-electron chi connectivity index (χ3n) is 4.40. The molecule has 1 unspecified atom stereocenters. The third-order valence-corrected chi connectivity index (χ3v) is 5.94. The molecule has 3 aromatic rings. The summed E-state index contributed by atoms with van der Waals surface area (Å²) >= 11 is 0. The fourth-order valence-electron chi connectivity index (χ4n) is 2.77. The van der Waals surface area contributed by atoms with E-state index in [1.165, 1.54) is 24.3 Å². The second-order valence-corrected chi connectivity index (χ2v) is 8.32. The van der Waals surface area contributed by atoms with Crippen LogP contribution in [0.25, 0.3) is 5.65 Å². The second kappa shape index (κ2) is 6.75. The molecule has 140 valence electrons. The number of carbonyl (C=O) groups is 1. The van der Waals surface area contributed by atoms with E-state index in [1.807, 2.05) is 35.7 Å². The van der Waals surface area contributed by atoms with Crippen LogP contribution in [0.3, 0.4) is 0 Å². The molecule has 1 saturated carbocycles. The van der Waals surface area contributed by atoms with Crippen molar-refractivity contribution in [2.24, 2.45) is 0 Å². The van der Waals surface area contributed by atoms with Crippen LogP contribution in [0.15, 0.2) is 53.6 Å². The number of carbonyl (C=O) groups excluding carboxylic acids is 1. The smallest absolute Gasteiger partial charge is 0.251 e. The molecule has 2 heterocycles. The van der Waals surface area contributed by atoms with Gasteiger partial charge in [0.2, 0.25) is 10.0 Å². The van der Waals surface area contributed by atoms with Crippen LogP contribution >= 0.6 is 0 Å². The van der Waals surface area contributed by atoms with Crippen LogP contribution in [-0.4, -0.2) is 35.0 Å². The van der Waals surface area contributed by atoms with E-state index in [1.54, 1.807) is 0 Å². The van der Waals surface area contributed by atoms with Gasteiger partial charge in [0.1, 0.15) is 0 Å². The zero-order valence-corrected chi connectivity index (χ0v) is 15.5. The number of fused-ring (bicyclic) bond motifs is 1. The van der Waals surface area contributed by atoms with E-state index in [2.05, 4.69) is 20.2 Å². The molecule has 0 bridgehead atoms. The summed E-state index contributed by atoms with van der Waals surface area (Å²) in [5, 5.41) is 11.1. The van der Waals surface area contributed by atoms with Crippen molar-refractivity contribution in [3.8, 4) is 0 Å². The Hall–Kier alpha value is -2.78. The van der Waals surface area contributed by atoms with Gasteiger partial charge in [-0.15, -0.1) is 10.2 Å². The summed E-state index contributed by atoms with van der Waals surface area (Å²) in [4.78, 5) is 12.7. The predicted molar refractivity (Wildman–Crippen MR) is 98.7 cm³/mol. The highest BCUT2D eigenvalue weighted by atomic mass is 32.2. The minimum Gasteiger partial charge on any atom is -0.342 e. The average molecular weight is 385 g/mol. The van der Waals surface area contributed by atoms with Crippen LogP contribution < -0.4 is 10.0 Å². The van der Waals surface area contributed by atoms with Crippen LogP contribution in [0.1, 0.15) is 42.0 Å². The van der Waals surface area contributed by atoms with Crippen molar-refractivity contribution < 1.29 is 13.2 Å². The minimum atomic E-state index is -3.53. The molecule has 0 saturated heterocycles. The highest BCUT2D eigenvalue weighted by molar-refractivity contribution is 7.89. The molecule has 4 rings (SSSR count). The van der Waals surface area contributed by atoms with Gasteiger partial charge < -0.3 is 5.32 Å². The van der Waals surface area contributed by atoms with Gasteiger partial charge in [0.05, 0.1) is 10.9 Å². The molecule has 0 radical (unpaired) electrons. The Morgan fingerprint density at radius 2 is 1.89 bits per heavy atom. The van der Waals surface area contributed by atoms with Crippen molar-refractivity contribution >= 4 is 21.6 Å². The van der Waals surface area contributed by atoms with Crippen LogP contribution in [-0.2, 0) is 10.0 Å². The van der Waals surface area contributed by atoms with E-state index in [0.29, 0.717) is 17.0 Å². The summed E-state index contributed by atoms with van der Waals surface area (Å²) in [6.45, 7) is 1.82. The van der Waals surface area contributed by atoms with Gasteiger partial charge in [-0.1, -0.05) is 6.07 Å². The molecule has 2 N–H and O–H groups in total. The van der Waals surface area contributed by atoms with Gasteiger partial charge >= 0.3 is 0 Å². The lowest BCUT2D eigenvalue weighted by Gasteiger charge is -2.13. The van der Waals surface area contributed by atoms with E-state index >= 15 is 0 Å². The van der Waals surface area contributed by atoms with Crippen molar-refractivity contribution in [1.82, 2.24) is 24.6 Å². The first kappa shape index (κ1) is 17.6. The van der Waals surface area contributed by atoms with Crippen LogP contribution in [0.4, 0.5) is 0 Å². The zero-order chi connectivity index (χ0) is 19.0. The fourth-order valence-corrected chi connectivity index (χ4v) is 4.08. The Labute approximate surface area is 156 Å². The molecular formula is C18H19N5O3S. The van der Waals surface area contributed by atoms with E-state index in [9.17, 15) is 13.2 Å². The third kappa shape index (κ3) is 3.69. The highest BCUT2D eigenvalue weighted by Gasteiger charge is 2.28. The summed E-state index contributed by atoms with van der Waals surface area (Å²) in [6.07, 6.45) is 3.57. The number of sulfonamides is 1. The Balaban J connectivity index is 1.48. The number of aromatic nitrogens is 3. The largest absolute Gasteiger partial charge is 0.342 e. The Bertz CT molecular complexity index is 1090. The first-order valence-electron chi connectivity index (χ1n) is 8.67. The molecule has 2 aromatic heterocycles. The number of nitrogens with zero attached hydrogens (tertiary/aromatic N) is 3. The molecule has 1 aliphatic rings. The van der Waals surface area contributed by atoms with Crippen LogP contribution in [0, 0.1) is 0 Å². The summed E-state index contributed by atoms with van der Waals surface area (Å²) in [5.74, 6) is 0.307. The monoisotopic (exact) mass is 385 g/mol. The van der Waals surface area contributed by atoms with Gasteiger partial charge in [-0.3, -0.25) is 9.20 Å². The van der Waals surface area contributed by atoms with E-state index in [0.717, 1.165) is 12.8 Å². The number of rotatable bonds is 6. The van der Waals surface area contributed by atoms with E-state index in [-0.39, 0.29) is 22.9 Å². The topological polar surface area (TPSA) is 105 Å². The lowest BCUT2D eigenvalue weighted by Crippen LogP contribution is -2.28. The molecule has 1 fully saturated rings. The van der Waals surface area contributed by atoms with Gasteiger partial charge in [0, 0.05) is 17.8 Å². The summed E-state index contributed by atoms with van der Waals surface area (Å²) in [5.41, 5.74) is 1.08. The van der Waals surface area contributed by atoms with Crippen molar-refractivity contribution in [2.75, 3.05) is 0 Å². The zero-order valence-electron chi connectivity index (χ0n) is 14.7. The maximum atomic E-state index is 12.5. The first-order chi connectivity index (χ1) is 12.9. The maximum absolute atomic E-state index is 12.5. The van der Waals surface area contributed by atoms with Gasteiger partial charge in [0.25, 0.3) is 5.91 Å². The Kier molecular flexibility index (Phi) is 4.40. The molecular weight excluding hydrogens is 366 g/mol. The molecule has 8 nitrogen and oxygen atoms in total.